The highest BCUT2D eigenvalue weighted by Gasteiger charge is 2.21. The Kier molecular flexibility index (Phi) is 8.29. The van der Waals surface area contributed by atoms with Crippen LogP contribution in [-0.2, 0) is 4.79 Å². The van der Waals surface area contributed by atoms with Gasteiger partial charge in [-0.05, 0) is 19.3 Å². The van der Waals surface area contributed by atoms with Gasteiger partial charge >= 0.3 is 5.69 Å². The molecule has 1 aliphatic rings. The molecule has 1 aromatic rings. The van der Waals surface area contributed by atoms with E-state index in [1.807, 2.05) is 0 Å². The van der Waals surface area contributed by atoms with Crippen LogP contribution in [0.2, 0.25) is 0 Å². The average molecular weight is 378 g/mol. The molecule has 1 amide bonds. The third kappa shape index (κ3) is 6.08. The monoisotopic (exact) mass is 378 g/mol. The molecule has 8 nitrogen and oxygen atoms in total. The molecule has 3 N–H and O–H groups in total. The zero-order valence-corrected chi connectivity index (χ0v) is 16.0. The van der Waals surface area contributed by atoms with Gasteiger partial charge in [0.1, 0.15) is 5.56 Å². The molecule has 0 bridgehead atoms. The zero-order valence-electron chi connectivity index (χ0n) is 16.0. The third-order valence-corrected chi connectivity index (χ3v) is 4.98. The second-order valence-corrected chi connectivity index (χ2v) is 7.12. The van der Waals surface area contributed by atoms with Gasteiger partial charge < -0.3 is 5.11 Å². The highest BCUT2D eigenvalue weighted by Crippen LogP contribution is 2.28. The molecule has 150 valence electrons. The van der Waals surface area contributed by atoms with E-state index in [0.29, 0.717) is 6.42 Å². The van der Waals surface area contributed by atoms with E-state index >= 15 is 0 Å². The Morgan fingerprint density at radius 3 is 2.59 bits per heavy atom. The third-order valence-electron chi connectivity index (χ3n) is 4.98. The van der Waals surface area contributed by atoms with Gasteiger partial charge in [0, 0.05) is 12.5 Å². The number of aromatic nitrogens is 2. The molecule has 0 aromatic carbocycles. The van der Waals surface area contributed by atoms with Crippen LogP contribution in [0.15, 0.2) is 14.7 Å². The van der Waals surface area contributed by atoms with Crippen LogP contribution in [0.3, 0.4) is 0 Å². The minimum Gasteiger partial charge on any atom is -0.494 e. The lowest BCUT2D eigenvalue weighted by atomic mass is 10.1. The molecule has 2 rings (SSSR count). The van der Waals surface area contributed by atoms with Gasteiger partial charge in [-0.3, -0.25) is 19.1 Å². The van der Waals surface area contributed by atoms with E-state index in [1.54, 1.807) is 0 Å². The second kappa shape index (κ2) is 10.7. The molecule has 1 saturated carbocycles. The first-order valence-electron chi connectivity index (χ1n) is 9.94. The van der Waals surface area contributed by atoms with Crippen LogP contribution in [0.1, 0.15) is 89.2 Å². The zero-order chi connectivity index (χ0) is 19.6. The summed E-state index contributed by atoms with van der Waals surface area (Å²) >= 11 is 0. The number of rotatable bonds is 8. The first kappa shape index (κ1) is 20.9. The number of hydrazone groups is 1. The lowest BCUT2D eigenvalue weighted by molar-refractivity contribution is -0.121. The molecule has 8 heteroatoms. The quantitative estimate of drug-likeness (QED) is 0.279. The fourth-order valence-electron chi connectivity index (χ4n) is 3.46. The number of nitrogens with one attached hydrogen (secondary N) is 2. The molecule has 0 spiro atoms. The molecular formula is C19H30N4O4. The number of amides is 1. The maximum atomic E-state index is 12.2. The summed E-state index contributed by atoms with van der Waals surface area (Å²) in [4.78, 5) is 38.2. The van der Waals surface area contributed by atoms with Gasteiger partial charge in [0.25, 0.3) is 5.56 Å². The van der Waals surface area contributed by atoms with Crippen LogP contribution in [0.25, 0.3) is 0 Å². The van der Waals surface area contributed by atoms with Crippen molar-refractivity contribution < 1.29 is 9.90 Å². The molecule has 0 radical (unpaired) electrons. The number of aromatic amines is 1. The predicted molar refractivity (Wildman–Crippen MR) is 104 cm³/mol. The predicted octanol–water partition coefficient (Wildman–Crippen LogP) is 2.56. The van der Waals surface area contributed by atoms with Crippen LogP contribution >= 0.6 is 0 Å². The minimum atomic E-state index is -0.719. The first-order valence-corrected chi connectivity index (χ1v) is 9.94. The Morgan fingerprint density at radius 1 is 1.22 bits per heavy atom. The van der Waals surface area contributed by atoms with Crippen molar-refractivity contribution in [2.75, 3.05) is 0 Å². The van der Waals surface area contributed by atoms with E-state index in [-0.39, 0.29) is 17.5 Å². The largest absolute Gasteiger partial charge is 0.494 e. The highest BCUT2D eigenvalue weighted by molar-refractivity contribution is 5.84. The maximum Gasteiger partial charge on any atom is 0.331 e. The number of carbonyl (C=O) groups is 1. The summed E-state index contributed by atoms with van der Waals surface area (Å²) in [7, 11) is 0. The summed E-state index contributed by atoms with van der Waals surface area (Å²) in [6, 6.07) is -0.142. The standard InChI is InChI=1S/C19H30N4O4/c1-2-3-4-9-12-16(24)22-20-13-15-17(25)21-19(27)23(18(15)26)14-10-7-5-6-8-11-14/h13-14,26H,2-12H2,1H3,(H,22,24)(H,21,25,27)/b20-13-. The summed E-state index contributed by atoms with van der Waals surface area (Å²) in [6.45, 7) is 2.10. The summed E-state index contributed by atoms with van der Waals surface area (Å²) in [5.41, 5.74) is 0.916. The Bertz CT molecular complexity index is 758. The van der Waals surface area contributed by atoms with Crippen molar-refractivity contribution in [2.45, 2.75) is 83.6 Å². The molecule has 0 unspecified atom stereocenters. The van der Waals surface area contributed by atoms with E-state index in [1.165, 1.54) is 4.57 Å². The van der Waals surface area contributed by atoms with Crippen LogP contribution in [0.4, 0.5) is 0 Å². The average Bonchev–Trinajstić information content (AvgIpc) is 2.90. The van der Waals surface area contributed by atoms with Crippen molar-refractivity contribution in [2.24, 2.45) is 5.10 Å². The van der Waals surface area contributed by atoms with E-state index in [9.17, 15) is 19.5 Å². The van der Waals surface area contributed by atoms with E-state index in [4.69, 9.17) is 0 Å². The lowest BCUT2D eigenvalue weighted by Crippen LogP contribution is -2.34. The Labute approximate surface area is 158 Å². The van der Waals surface area contributed by atoms with Crippen molar-refractivity contribution >= 4 is 12.1 Å². The molecule has 0 aliphatic heterocycles. The molecule has 1 aromatic heterocycles. The first-order chi connectivity index (χ1) is 13.0. The van der Waals surface area contributed by atoms with Gasteiger partial charge in [-0.15, -0.1) is 0 Å². The topological polar surface area (TPSA) is 117 Å². The maximum absolute atomic E-state index is 12.2. The molecule has 1 aliphatic carbocycles. The van der Waals surface area contributed by atoms with Crippen LogP contribution < -0.4 is 16.7 Å². The van der Waals surface area contributed by atoms with Crippen LogP contribution in [0.5, 0.6) is 5.88 Å². The Hall–Kier alpha value is -2.38. The van der Waals surface area contributed by atoms with Crippen molar-refractivity contribution in [3.05, 3.63) is 26.4 Å². The van der Waals surface area contributed by atoms with Gasteiger partial charge in [-0.1, -0.05) is 51.9 Å². The molecule has 0 saturated heterocycles. The van der Waals surface area contributed by atoms with Crippen LogP contribution in [0, 0.1) is 0 Å². The van der Waals surface area contributed by atoms with Crippen molar-refractivity contribution in [3.8, 4) is 5.88 Å². The molecule has 0 atom stereocenters. The van der Waals surface area contributed by atoms with Crippen LogP contribution in [-0.4, -0.2) is 26.8 Å². The highest BCUT2D eigenvalue weighted by atomic mass is 16.3. The second-order valence-electron chi connectivity index (χ2n) is 7.12. The number of nitrogens with zero attached hydrogens (tertiary/aromatic N) is 2. The number of aromatic hydroxyl groups is 1. The molecule has 27 heavy (non-hydrogen) atoms. The summed E-state index contributed by atoms with van der Waals surface area (Å²) < 4.78 is 1.25. The Morgan fingerprint density at radius 2 is 1.93 bits per heavy atom. The number of H-pyrrole nitrogens is 1. The van der Waals surface area contributed by atoms with Gasteiger partial charge in [-0.25, -0.2) is 10.2 Å². The van der Waals surface area contributed by atoms with Crippen molar-refractivity contribution in [1.29, 1.82) is 0 Å². The summed E-state index contributed by atoms with van der Waals surface area (Å²) in [5.74, 6) is -0.632. The Balaban J connectivity index is 2.10. The minimum absolute atomic E-state index is 0.120. The van der Waals surface area contributed by atoms with Gasteiger partial charge in [0.05, 0.1) is 6.21 Å². The molecular weight excluding hydrogens is 348 g/mol. The van der Waals surface area contributed by atoms with E-state index < -0.39 is 17.1 Å². The normalized spacial score (nSPS) is 15.7. The molecule has 1 fully saturated rings. The van der Waals surface area contributed by atoms with Crippen molar-refractivity contribution in [1.82, 2.24) is 15.0 Å². The number of unbranched alkanes of at least 4 members (excludes halogenated alkanes) is 3. The fraction of sp³-hybridized carbons (Fsp3) is 0.684. The SMILES string of the molecule is CCCCCCC(=O)N/N=C\c1c(O)n(C2CCCCCC2)c(=O)[nH]c1=O. The molecule has 1 heterocycles. The number of hydrogen-bond acceptors (Lipinski definition) is 5. The lowest BCUT2D eigenvalue weighted by Gasteiger charge is -2.19. The summed E-state index contributed by atoms with van der Waals surface area (Å²) in [5, 5.41) is 14.3. The fourth-order valence-corrected chi connectivity index (χ4v) is 3.46. The number of carbonyl (C=O) groups excluding carboxylic acids is 1. The van der Waals surface area contributed by atoms with Gasteiger partial charge in [0.2, 0.25) is 11.8 Å². The number of hydrogen-bond donors (Lipinski definition) is 3. The smallest absolute Gasteiger partial charge is 0.331 e. The van der Waals surface area contributed by atoms with E-state index in [2.05, 4.69) is 22.4 Å². The van der Waals surface area contributed by atoms with E-state index in [0.717, 1.165) is 70.4 Å². The van der Waals surface area contributed by atoms with Gasteiger partial charge in [-0.2, -0.15) is 5.10 Å². The summed E-state index contributed by atoms with van der Waals surface area (Å²) in [6.07, 6.45) is 11.2. The van der Waals surface area contributed by atoms with Gasteiger partial charge in [0.15, 0.2) is 0 Å². The van der Waals surface area contributed by atoms with Crippen molar-refractivity contribution in [3.63, 3.8) is 0 Å².